The second-order valence-electron chi connectivity index (χ2n) is 2.42. The Labute approximate surface area is 52.8 Å². The number of cyclic esters (lactones) is 1. The Morgan fingerprint density at radius 2 is 2.67 bits per heavy atom. The third-order valence-electron chi connectivity index (χ3n) is 1.27. The summed E-state index contributed by atoms with van der Waals surface area (Å²) in [5, 5.41) is 11.1. The van der Waals surface area contributed by atoms with Gasteiger partial charge in [0.15, 0.2) is 0 Å². The Morgan fingerprint density at radius 3 is 2.89 bits per heavy atom. The van der Waals surface area contributed by atoms with E-state index in [9.17, 15) is 4.79 Å². The molecule has 1 aliphatic heterocycles. The minimum atomic E-state index is -0.558. The lowest BCUT2D eigenvalue weighted by molar-refractivity contribution is 0.154. The average Bonchev–Trinajstić information content (AvgIpc) is 2.13. The topological polar surface area (TPSA) is 58.6 Å². The molecule has 1 saturated heterocycles. The van der Waals surface area contributed by atoms with Gasteiger partial charge in [0.1, 0.15) is 6.61 Å². The zero-order chi connectivity index (χ0) is 6.91. The van der Waals surface area contributed by atoms with E-state index in [2.05, 4.69) is 10.1 Å². The summed E-state index contributed by atoms with van der Waals surface area (Å²) in [5.74, 6) is 0. The van der Waals surface area contributed by atoms with Crippen molar-refractivity contribution in [1.82, 2.24) is 5.32 Å². The van der Waals surface area contributed by atoms with Gasteiger partial charge in [-0.1, -0.05) is 0 Å². The Bertz CT molecular complexity index is 136. The van der Waals surface area contributed by atoms with Gasteiger partial charge in [-0.25, -0.2) is 4.79 Å². The highest BCUT2D eigenvalue weighted by atomic mass is 16.6. The largest absolute Gasteiger partial charge is 0.447 e. The summed E-state index contributed by atoms with van der Waals surface area (Å²) in [6, 6.07) is 0. The van der Waals surface area contributed by atoms with Gasteiger partial charge in [0, 0.05) is 0 Å². The van der Waals surface area contributed by atoms with Gasteiger partial charge in [-0.2, -0.15) is 0 Å². The van der Waals surface area contributed by atoms with Gasteiger partial charge in [0.25, 0.3) is 0 Å². The van der Waals surface area contributed by atoms with E-state index in [1.165, 1.54) is 0 Å². The number of hydrogen-bond donors (Lipinski definition) is 2. The molecule has 0 aromatic rings. The van der Waals surface area contributed by atoms with Crippen LogP contribution in [0.2, 0.25) is 0 Å². The van der Waals surface area contributed by atoms with Crippen LogP contribution in [0.25, 0.3) is 0 Å². The number of amides is 1. The fourth-order valence-electron chi connectivity index (χ4n) is 0.629. The highest BCUT2D eigenvalue weighted by Crippen LogP contribution is 2.09. The predicted octanol–water partition coefficient (Wildman–Crippen LogP) is -0.523. The van der Waals surface area contributed by atoms with E-state index in [0.717, 1.165) is 0 Å². The van der Waals surface area contributed by atoms with Crippen molar-refractivity contribution in [3.8, 4) is 0 Å². The molecule has 0 radical (unpaired) electrons. The molecule has 0 aromatic heterocycles. The summed E-state index contributed by atoms with van der Waals surface area (Å²) >= 11 is 0. The molecule has 1 fully saturated rings. The predicted molar refractivity (Wildman–Crippen MR) is 30.0 cm³/mol. The lowest BCUT2D eigenvalue weighted by Crippen LogP contribution is -2.43. The molecule has 1 atom stereocenters. The highest BCUT2D eigenvalue weighted by molar-refractivity contribution is 5.70. The van der Waals surface area contributed by atoms with Crippen LogP contribution in [0.1, 0.15) is 6.92 Å². The van der Waals surface area contributed by atoms with Crippen LogP contribution in [-0.2, 0) is 4.74 Å². The first-order valence-electron chi connectivity index (χ1n) is 2.72. The number of carbonyl (C=O) groups excluding carboxylic acids is 1. The summed E-state index contributed by atoms with van der Waals surface area (Å²) in [5.41, 5.74) is -0.558. The van der Waals surface area contributed by atoms with E-state index < -0.39 is 11.6 Å². The average molecular weight is 131 g/mol. The van der Waals surface area contributed by atoms with Gasteiger partial charge in [-0.3, -0.25) is 0 Å². The maximum Gasteiger partial charge on any atom is 0.407 e. The van der Waals surface area contributed by atoms with E-state index in [1.807, 2.05) is 0 Å². The molecule has 9 heavy (non-hydrogen) atoms. The lowest BCUT2D eigenvalue weighted by Gasteiger charge is -2.15. The summed E-state index contributed by atoms with van der Waals surface area (Å²) in [6.07, 6.45) is -0.452. The van der Waals surface area contributed by atoms with Gasteiger partial charge in [0.05, 0.1) is 12.1 Å². The van der Waals surface area contributed by atoms with Gasteiger partial charge in [0.2, 0.25) is 0 Å². The molecule has 0 saturated carbocycles. The molecule has 1 rings (SSSR count). The number of hydrogen-bond acceptors (Lipinski definition) is 3. The van der Waals surface area contributed by atoms with E-state index >= 15 is 0 Å². The number of rotatable bonds is 1. The normalized spacial score (nSPS) is 33.8. The molecular weight excluding hydrogens is 122 g/mol. The van der Waals surface area contributed by atoms with Crippen LogP contribution in [0.15, 0.2) is 0 Å². The smallest absolute Gasteiger partial charge is 0.407 e. The van der Waals surface area contributed by atoms with Gasteiger partial charge >= 0.3 is 6.09 Å². The van der Waals surface area contributed by atoms with Crippen molar-refractivity contribution in [2.75, 3.05) is 13.2 Å². The minimum absolute atomic E-state index is 0.0846. The van der Waals surface area contributed by atoms with Gasteiger partial charge < -0.3 is 15.2 Å². The molecule has 0 aromatic carbocycles. The molecule has 1 heterocycles. The number of carbonyl (C=O) groups is 1. The SMILES string of the molecule is CC1(CO)COC(=O)N1. The fraction of sp³-hybridized carbons (Fsp3) is 0.800. The van der Waals surface area contributed by atoms with Crippen LogP contribution in [0.4, 0.5) is 4.79 Å². The van der Waals surface area contributed by atoms with Crippen LogP contribution < -0.4 is 5.32 Å². The van der Waals surface area contributed by atoms with Crippen LogP contribution in [0.5, 0.6) is 0 Å². The first kappa shape index (κ1) is 6.35. The molecule has 1 unspecified atom stereocenters. The summed E-state index contributed by atoms with van der Waals surface area (Å²) in [4.78, 5) is 10.4. The maximum atomic E-state index is 10.4. The molecule has 0 spiro atoms. The van der Waals surface area contributed by atoms with E-state index in [0.29, 0.717) is 0 Å². The molecule has 1 amide bonds. The quantitative estimate of drug-likeness (QED) is 0.503. The summed E-state index contributed by atoms with van der Waals surface area (Å²) in [6.45, 7) is 1.89. The van der Waals surface area contributed by atoms with Crippen molar-refractivity contribution in [3.63, 3.8) is 0 Å². The van der Waals surface area contributed by atoms with Crippen molar-refractivity contribution in [2.45, 2.75) is 12.5 Å². The number of alkyl carbamates (subject to hydrolysis) is 1. The summed E-state index contributed by atoms with van der Waals surface area (Å²) in [7, 11) is 0. The zero-order valence-electron chi connectivity index (χ0n) is 5.18. The monoisotopic (exact) mass is 131 g/mol. The lowest BCUT2D eigenvalue weighted by atomic mass is 10.1. The number of ether oxygens (including phenoxy) is 1. The van der Waals surface area contributed by atoms with Crippen molar-refractivity contribution < 1.29 is 14.6 Å². The van der Waals surface area contributed by atoms with Crippen molar-refractivity contribution in [2.24, 2.45) is 0 Å². The van der Waals surface area contributed by atoms with Crippen LogP contribution in [0.3, 0.4) is 0 Å². The molecule has 52 valence electrons. The third kappa shape index (κ3) is 1.13. The van der Waals surface area contributed by atoms with Crippen LogP contribution in [0, 0.1) is 0 Å². The van der Waals surface area contributed by atoms with Crippen molar-refractivity contribution in [1.29, 1.82) is 0 Å². The molecule has 1 aliphatic rings. The van der Waals surface area contributed by atoms with E-state index in [4.69, 9.17) is 5.11 Å². The number of aliphatic hydroxyl groups excluding tert-OH is 1. The molecule has 2 N–H and O–H groups in total. The van der Waals surface area contributed by atoms with E-state index in [1.54, 1.807) is 6.92 Å². The van der Waals surface area contributed by atoms with Crippen LogP contribution >= 0.6 is 0 Å². The van der Waals surface area contributed by atoms with Gasteiger partial charge in [-0.05, 0) is 6.92 Å². The maximum absolute atomic E-state index is 10.4. The Morgan fingerprint density at radius 1 is 2.00 bits per heavy atom. The highest BCUT2D eigenvalue weighted by Gasteiger charge is 2.33. The first-order chi connectivity index (χ1) is 4.16. The Balaban J connectivity index is 2.54. The second-order valence-corrected chi connectivity index (χ2v) is 2.42. The Hall–Kier alpha value is -0.770. The van der Waals surface area contributed by atoms with Crippen molar-refractivity contribution >= 4 is 6.09 Å². The fourth-order valence-corrected chi connectivity index (χ4v) is 0.629. The molecule has 0 aliphatic carbocycles. The molecule has 4 nitrogen and oxygen atoms in total. The second kappa shape index (κ2) is 1.88. The summed E-state index contributed by atoms with van der Waals surface area (Å²) < 4.78 is 4.55. The van der Waals surface area contributed by atoms with Crippen LogP contribution in [-0.4, -0.2) is 30.0 Å². The zero-order valence-corrected chi connectivity index (χ0v) is 5.18. The molecular formula is C5H9NO3. The van der Waals surface area contributed by atoms with E-state index in [-0.39, 0.29) is 13.2 Å². The van der Waals surface area contributed by atoms with Crippen molar-refractivity contribution in [3.05, 3.63) is 0 Å². The minimum Gasteiger partial charge on any atom is -0.447 e. The molecule has 0 bridgehead atoms. The first-order valence-corrected chi connectivity index (χ1v) is 2.72. The number of aliphatic hydroxyl groups is 1. The number of nitrogens with one attached hydrogen (secondary N) is 1. The molecule has 4 heteroatoms. The third-order valence-corrected chi connectivity index (χ3v) is 1.27. The Kier molecular flexibility index (Phi) is 1.32. The standard InChI is InChI=1S/C5H9NO3/c1-5(2-7)3-9-4(8)6-5/h7H,2-3H2,1H3,(H,6,8). The van der Waals surface area contributed by atoms with Gasteiger partial charge in [-0.15, -0.1) is 0 Å².